The first-order valence-electron chi connectivity index (χ1n) is 6.77. The molecular formula is C15H21NO3. The third-order valence-corrected chi connectivity index (χ3v) is 3.25. The summed E-state index contributed by atoms with van der Waals surface area (Å²) in [5, 5.41) is 13.3. The molecule has 0 fully saturated rings. The van der Waals surface area contributed by atoms with Gasteiger partial charge >= 0.3 is 0 Å². The molecule has 1 heterocycles. The van der Waals surface area contributed by atoms with Crippen LogP contribution in [-0.2, 0) is 4.79 Å². The normalized spacial score (nSPS) is 22.3. The van der Waals surface area contributed by atoms with Crippen LogP contribution in [0.4, 0.5) is 0 Å². The average Bonchev–Trinajstić information content (AvgIpc) is 2.50. The van der Waals surface area contributed by atoms with Crippen LogP contribution in [0.2, 0.25) is 0 Å². The molecule has 0 aromatic heterocycles. The van der Waals surface area contributed by atoms with Gasteiger partial charge in [-0.15, -0.1) is 0 Å². The third kappa shape index (κ3) is 3.47. The van der Waals surface area contributed by atoms with Gasteiger partial charge in [0.05, 0.1) is 12.6 Å². The molecule has 104 valence electrons. The molecule has 4 nitrogen and oxygen atoms in total. The number of ether oxygens (including phenoxy) is 1. The molecule has 1 aliphatic heterocycles. The Morgan fingerprint density at radius 2 is 2.21 bits per heavy atom. The number of nitrogens with one attached hydrogen (secondary N) is 1. The van der Waals surface area contributed by atoms with E-state index in [0.717, 1.165) is 5.56 Å². The van der Waals surface area contributed by atoms with Crippen LogP contribution in [0.5, 0.6) is 5.75 Å². The van der Waals surface area contributed by atoms with Gasteiger partial charge in [-0.25, -0.2) is 0 Å². The molecule has 4 heteroatoms. The van der Waals surface area contributed by atoms with Gasteiger partial charge in [-0.05, 0) is 12.0 Å². The van der Waals surface area contributed by atoms with Crippen molar-refractivity contribution < 1.29 is 14.6 Å². The van der Waals surface area contributed by atoms with Crippen LogP contribution in [0.25, 0.3) is 0 Å². The number of aliphatic hydroxyl groups is 1. The molecule has 1 aromatic carbocycles. The number of benzene rings is 1. The summed E-state index contributed by atoms with van der Waals surface area (Å²) in [6.45, 7) is 4.50. The van der Waals surface area contributed by atoms with Gasteiger partial charge in [-0.3, -0.25) is 4.79 Å². The average molecular weight is 263 g/mol. The summed E-state index contributed by atoms with van der Waals surface area (Å²) >= 11 is 0. The Hall–Kier alpha value is -1.55. The van der Waals surface area contributed by atoms with E-state index >= 15 is 0 Å². The Balaban J connectivity index is 2.09. The van der Waals surface area contributed by atoms with E-state index in [1.165, 1.54) is 0 Å². The van der Waals surface area contributed by atoms with Gasteiger partial charge in [-0.2, -0.15) is 0 Å². The van der Waals surface area contributed by atoms with Crippen molar-refractivity contribution in [2.75, 3.05) is 6.61 Å². The third-order valence-electron chi connectivity index (χ3n) is 3.25. The molecule has 0 aliphatic carbocycles. The largest absolute Gasteiger partial charge is 0.493 e. The number of amides is 1. The zero-order valence-corrected chi connectivity index (χ0v) is 11.4. The summed E-state index contributed by atoms with van der Waals surface area (Å²) in [5.41, 5.74) is 0.745. The number of fused-ring (bicyclic) bond motifs is 1. The first-order valence-corrected chi connectivity index (χ1v) is 6.77. The van der Waals surface area contributed by atoms with Crippen LogP contribution in [0.3, 0.4) is 0 Å². The van der Waals surface area contributed by atoms with E-state index < -0.39 is 6.10 Å². The molecular weight excluding hydrogens is 242 g/mol. The van der Waals surface area contributed by atoms with Crippen LogP contribution in [0.1, 0.15) is 38.4 Å². The van der Waals surface area contributed by atoms with Crippen molar-refractivity contribution in [3.63, 3.8) is 0 Å². The smallest absolute Gasteiger partial charge is 0.220 e. The highest BCUT2D eigenvalue weighted by atomic mass is 16.5. The predicted molar refractivity (Wildman–Crippen MR) is 72.9 cm³/mol. The summed E-state index contributed by atoms with van der Waals surface area (Å²) in [4.78, 5) is 11.8. The number of rotatable bonds is 3. The molecule has 2 rings (SSSR count). The molecule has 0 spiro atoms. The minimum absolute atomic E-state index is 0.0153. The van der Waals surface area contributed by atoms with Crippen LogP contribution in [-0.4, -0.2) is 23.7 Å². The van der Waals surface area contributed by atoms with Crippen molar-refractivity contribution in [3.8, 4) is 5.75 Å². The van der Waals surface area contributed by atoms with Crippen LogP contribution < -0.4 is 10.1 Å². The van der Waals surface area contributed by atoms with E-state index in [0.29, 0.717) is 31.1 Å². The number of carbonyl (C=O) groups is 1. The SMILES string of the molecule is CC(C)CC(=O)NC1CCOc2ccccc2C1O. The van der Waals surface area contributed by atoms with Gasteiger partial charge in [0.15, 0.2) is 0 Å². The molecule has 0 saturated heterocycles. The van der Waals surface area contributed by atoms with Gasteiger partial charge in [0.1, 0.15) is 11.9 Å². The van der Waals surface area contributed by atoms with E-state index in [9.17, 15) is 9.90 Å². The van der Waals surface area contributed by atoms with Crippen molar-refractivity contribution >= 4 is 5.91 Å². The number of hydrogen-bond acceptors (Lipinski definition) is 3. The molecule has 2 N–H and O–H groups in total. The molecule has 2 atom stereocenters. The fourth-order valence-corrected chi connectivity index (χ4v) is 2.31. The minimum Gasteiger partial charge on any atom is -0.493 e. The van der Waals surface area contributed by atoms with Gasteiger partial charge in [0, 0.05) is 18.4 Å². The Kier molecular flexibility index (Phi) is 4.43. The van der Waals surface area contributed by atoms with E-state index in [4.69, 9.17) is 4.74 Å². The van der Waals surface area contributed by atoms with Crippen molar-refractivity contribution in [2.45, 2.75) is 38.8 Å². The first kappa shape index (κ1) is 13.9. The van der Waals surface area contributed by atoms with E-state index in [2.05, 4.69) is 5.32 Å². The number of aliphatic hydroxyl groups excluding tert-OH is 1. The Labute approximate surface area is 113 Å². The molecule has 2 unspecified atom stereocenters. The Bertz CT molecular complexity index is 445. The zero-order valence-electron chi connectivity index (χ0n) is 11.4. The number of para-hydroxylation sites is 1. The molecule has 19 heavy (non-hydrogen) atoms. The van der Waals surface area contributed by atoms with E-state index in [-0.39, 0.29) is 11.9 Å². The lowest BCUT2D eigenvalue weighted by atomic mass is 9.99. The number of hydrogen-bond donors (Lipinski definition) is 2. The lowest BCUT2D eigenvalue weighted by molar-refractivity contribution is -0.123. The minimum atomic E-state index is -0.713. The van der Waals surface area contributed by atoms with E-state index in [1.807, 2.05) is 38.1 Å². The van der Waals surface area contributed by atoms with Crippen LogP contribution in [0, 0.1) is 5.92 Å². The van der Waals surface area contributed by atoms with Crippen molar-refractivity contribution in [1.29, 1.82) is 0 Å². The summed E-state index contributed by atoms with van der Waals surface area (Å²) in [6.07, 6.45) is 0.376. The van der Waals surface area contributed by atoms with Crippen LogP contribution in [0.15, 0.2) is 24.3 Å². The standard InChI is InChI=1S/C15H21NO3/c1-10(2)9-14(17)16-12-7-8-19-13-6-4-3-5-11(13)15(12)18/h3-6,10,12,15,18H,7-9H2,1-2H3,(H,16,17). The topological polar surface area (TPSA) is 58.6 Å². The molecule has 0 radical (unpaired) electrons. The maximum atomic E-state index is 11.8. The monoisotopic (exact) mass is 263 g/mol. The highest BCUT2D eigenvalue weighted by Gasteiger charge is 2.28. The predicted octanol–water partition coefficient (Wildman–Crippen LogP) is 2.03. The summed E-state index contributed by atoms with van der Waals surface area (Å²) in [6, 6.07) is 7.14. The van der Waals surface area contributed by atoms with Gasteiger partial charge in [0.2, 0.25) is 5.91 Å². The summed E-state index contributed by atoms with van der Waals surface area (Å²) in [5.74, 6) is 1.00. The second-order valence-electron chi connectivity index (χ2n) is 5.39. The van der Waals surface area contributed by atoms with E-state index in [1.54, 1.807) is 0 Å². The molecule has 1 amide bonds. The maximum absolute atomic E-state index is 11.8. The number of carbonyl (C=O) groups excluding carboxylic acids is 1. The second kappa shape index (κ2) is 6.06. The lowest BCUT2D eigenvalue weighted by Crippen LogP contribution is -2.39. The van der Waals surface area contributed by atoms with Crippen molar-refractivity contribution in [2.24, 2.45) is 5.92 Å². The quantitative estimate of drug-likeness (QED) is 0.877. The van der Waals surface area contributed by atoms with Crippen molar-refractivity contribution in [1.82, 2.24) is 5.32 Å². The summed E-state index contributed by atoms with van der Waals surface area (Å²) < 4.78 is 5.60. The Morgan fingerprint density at radius 3 is 2.95 bits per heavy atom. The highest BCUT2D eigenvalue weighted by Crippen LogP contribution is 2.31. The van der Waals surface area contributed by atoms with Crippen molar-refractivity contribution in [3.05, 3.63) is 29.8 Å². The molecule has 1 aliphatic rings. The fourth-order valence-electron chi connectivity index (χ4n) is 2.31. The molecule has 0 bridgehead atoms. The Morgan fingerprint density at radius 1 is 1.47 bits per heavy atom. The second-order valence-corrected chi connectivity index (χ2v) is 5.39. The molecule has 0 saturated carbocycles. The fraction of sp³-hybridized carbons (Fsp3) is 0.533. The maximum Gasteiger partial charge on any atom is 0.220 e. The van der Waals surface area contributed by atoms with Gasteiger partial charge < -0.3 is 15.2 Å². The summed E-state index contributed by atoms with van der Waals surface area (Å²) in [7, 11) is 0. The first-order chi connectivity index (χ1) is 9.08. The molecule has 1 aromatic rings. The van der Waals surface area contributed by atoms with Gasteiger partial charge in [0.25, 0.3) is 0 Å². The highest BCUT2D eigenvalue weighted by molar-refractivity contribution is 5.76. The van der Waals surface area contributed by atoms with Gasteiger partial charge in [-0.1, -0.05) is 32.0 Å². The van der Waals surface area contributed by atoms with Crippen LogP contribution >= 0.6 is 0 Å². The lowest BCUT2D eigenvalue weighted by Gasteiger charge is -2.22. The zero-order chi connectivity index (χ0) is 13.8.